The average molecular weight is 611 g/mol. The van der Waals surface area contributed by atoms with Crippen LogP contribution in [0.1, 0.15) is 0 Å². The topological polar surface area (TPSA) is 9.86 Å². The van der Waals surface area contributed by atoms with Gasteiger partial charge < -0.3 is 9.13 Å². The molecule has 0 radical (unpaired) electrons. The smallest absolute Gasteiger partial charge is 0.0541 e. The Morgan fingerprint density at radius 3 is 1.10 bits per heavy atom. The molecule has 0 spiro atoms. The second-order valence-electron chi connectivity index (χ2n) is 12.6. The molecule has 48 heavy (non-hydrogen) atoms. The molecule has 0 atom stereocenters. The molecule has 0 amide bonds. The van der Waals surface area contributed by atoms with Crippen LogP contribution in [0.5, 0.6) is 0 Å². The number of benzene rings is 8. The molecule has 0 N–H and O–H groups in total. The van der Waals surface area contributed by atoms with E-state index in [0.717, 1.165) is 0 Å². The summed E-state index contributed by atoms with van der Waals surface area (Å²) in [5.74, 6) is 0. The van der Waals surface area contributed by atoms with Crippen LogP contribution in [0.15, 0.2) is 182 Å². The Bertz CT molecular complexity index is 2630. The highest BCUT2D eigenvalue weighted by Gasteiger charge is 2.15. The van der Waals surface area contributed by atoms with Gasteiger partial charge in [-0.2, -0.15) is 0 Å². The van der Waals surface area contributed by atoms with Gasteiger partial charge in [0.1, 0.15) is 0 Å². The normalized spacial score (nSPS) is 11.8. The summed E-state index contributed by atoms with van der Waals surface area (Å²) in [5, 5.41) is 7.55. The number of rotatable bonds is 4. The van der Waals surface area contributed by atoms with E-state index in [0.29, 0.717) is 0 Å². The van der Waals surface area contributed by atoms with Gasteiger partial charge in [0.05, 0.1) is 22.1 Å². The van der Waals surface area contributed by atoms with E-state index in [9.17, 15) is 0 Å². The van der Waals surface area contributed by atoms with Gasteiger partial charge in [0.25, 0.3) is 0 Å². The summed E-state index contributed by atoms with van der Waals surface area (Å²) in [6, 6.07) is 66.2. The average Bonchev–Trinajstić information content (AvgIpc) is 3.67. The van der Waals surface area contributed by atoms with Crippen LogP contribution in [-0.2, 0) is 0 Å². The Hall–Kier alpha value is -6.38. The van der Waals surface area contributed by atoms with Crippen molar-refractivity contribution in [3.63, 3.8) is 0 Å². The van der Waals surface area contributed by atoms with Crippen LogP contribution in [0.3, 0.4) is 0 Å². The monoisotopic (exact) mass is 610 g/mol. The van der Waals surface area contributed by atoms with Crippen molar-refractivity contribution in [2.24, 2.45) is 0 Å². The van der Waals surface area contributed by atoms with E-state index >= 15 is 0 Å². The van der Waals surface area contributed by atoms with Crippen molar-refractivity contribution in [3.8, 4) is 33.6 Å². The largest absolute Gasteiger partial charge is 0.309 e. The van der Waals surface area contributed by atoms with Crippen LogP contribution in [-0.4, -0.2) is 9.13 Å². The lowest BCUT2D eigenvalue weighted by Crippen LogP contribution is -1.92. The van der Waals surface area contributed by atoms with Crippen molar-refractivity contribution in [2.75, 3.05) is 0 Å². The minimum atomic E-state index is 1.18. The molecule has 0 saturated heterocycles. The van der Waals surface area contributed by atoms with E-state index < -0.39 is 0 Å². The molecule has 8 aromatic carbocycles. The summed E-state index contributed by atoms with van der Waals surface area (Å²) in [5.41, 5.74) is 12.1. The predicted molar refractivity (Wildman–Crippen MR) is 203 cm³/mol. The van der Waals surface area contributed by atoms with E-state index in [-0.39, 0.29) is 0 Å². The van der Waals surface area contributed by atoms with E-state index in [1.165, 1.54) is 88.0 Å². The lowest BCUT2D eigenvalue weighted by molar-refractivity contribution is 1.18. The van der Waals surface area contributed by atoms with E-state index in [4.69, 9.17) is 0 Å². The van der Waals surface area contributed by atoms with Gasteiger partial charge in [0.2, 0.25) is 0 Å². The predicted octanol–water partition coefficient (Wildman–Crippen LogP) is 12.4. The third-order valence-electron chi connectivity index (χ3n) is 9.88. The second kappa shape index (κ2) is 10.6. The van der Waals surface area contributed by atoms with Gasteiger partial charge in [0.15, 0.2) is 0 Å². The maximum Gasteiger partial charge on any atom is 0.0541 e. The highest BCUT2D eigenvalue weighted by molar-refractivity contribution is 6.12. The fourth-order valence-electron chi connectivity index (χ4n) is 7.62. The van der Waals surface area contributed by atoms with E-state index in [2.05, 4.69) is 191 Å². The standard InChI is InChI=1S/C46H30N2/c1-3-11-37(12-4-1)47-43-17-9-7-15-39(43)41-29-34(23-25-45(41)47)32-21-19-31-20-22-33(28-36(31)27-32)35-24-26-46-42(30-35)40-16-8-10-18-44(40)48(46)38-13-5-2-6-14-38/h1-30H. The molecule has 2 aromatic heterocycles. The summed E-state index contributed by atoms with van der Waals surface area (Å²) in [6.07, 6.45) is 0. The number of para-hydroxylation sites is 4. The zero-order chi connectivity index (χ0) is 31.6. The lowest BCUT2D eigenvalue weighted by atomic mass is 9.96. The first-order chi connectivity index (χ1) is 23.8. The number of fused-ring (bicyclic) bond motifs is 7. The van der Waals surface area contributed by atoms with Crippen LogP contribution in [0.25, 0.3) is 88.0 Å². The molecule has 10 aromatic rings. The Kier molecular flexibility index (Phi) is 5.91. The first kappa shape index (κ1) is 26.8. The lowest BCUT2D eigenvalue weighted by Gasteiger charge is -2.10. The molecule has 2 nitrogen and oxygen atoms in total. The van der Waals surface area contributed by atoms with Gasteiger partial charge in [-0.25, -0.2) is 0 Å². The summed E-state index contributed by atoms with van der Waals surface area (Å²) in [6.45, 7) is 0. The number of hydrogen-bond acceptors (Lipinski definition) is 0. The van der Waals surface area contributed by atoms with Crippen molar-refractivity contribution in [1.29, 1.82) is 0 Å². The quantitative estimate of drug-likeness (QED) is 0.188. The Labute approximate surface area is 278 Å². The second-order valence-corrected chi connectivity index (χ2v) is 12.6. The Balaban J connectivity index is 1.09. The van der Waals surface area contributed by atoms with Gasteiger partial charge in [-0.3, -0.25) is 0 Å². The molecule has 224 valence electrons. The van der Waals surface area contributed by atoms with Crippen molar-refractivity contribution in [2.45, 2.75) is 0 Å². The zero-order valence-electron chi connectivity index (χ0n) is 26.2. The Morgan fingerprint density at radius 2 is 0.625 bits per heavy atom. The van der Waals surface area contributed by atoms with Crippen LogP contribution >= 0.6 is 0 Å². The van der Waals surface area contributed by atoms with Crippen LogP contribution in [0.4, 0.5) is 0 Å². The highest BCUT2D eigenvalue weighted by Crippen LogP contribution is 2.38. The third kappa shape index (κ3) is 4.13. The van der Waals surface area contributed by atoms with Crippen LogP contribution in [0.2, 0.25) is 0 Å². The molecule has 0 aliphatic carbocycles. The van der Waals surface area contributed by atoms with Crippen LogP contribution < -0.4 is 0 Å². The van der Waals surface area contributed by atoms with Crippen molar-refractivity contribution >= 4 is 54.4 Å². The molecule has 2 heteroatoms. The number of hydrogen-bond donors (Lipinski definition) is 0. The summed E-state index contributed by atoms with van der Waals surface area (Å²) in [7, 11) is 0. The minimum Gasteiger partial charge on any atom is -0.309 e. The van der Waals surface area contributed by atoms with Crippen molar-refractivity contribution < 1.29 is 0 Å². The zero-order valence-corrected chi connectivity index (χ0v) is 26.2. The summed E-state index contributed by atoms with van der Waals surface area (Å²) < 4.78 is 4.74. The molecule has 0 bridgehead atoms. The molecule has 10 rings (SSSR count). The fraction of sp³-hybridized carbons (Fsp3) is 0. The molecular weight excluding hydrogens is 581 g/mol. The molecule has 0 saturated carbocycles. The number of aromatic nitrogens is 2. The van der Waals surface area contributed by atoms with Gasteiger partial charge >= 0.3 is 0 Å². The molecular formula is C46H30N2. The van der Waals surface area contributed by atoms with E-state index in [1.54, 1.807) is 0 Å². The van der Waals surface area contributed by atoms with Gasteiger partial charge in [-0.05, 0) is 106 Å². The van der Waals surface area contributed by atoms with Gasteiger partial charge in [-0.15, -0.1) is 0 Å². The van der Waals surface area contributed by atoms with Gasteiger partial charge in [0, 0.05) is 32.9 Å². The minimum absolute atomic E-state index is 1.18. The van der Waals surface area contributed by atoms with Crippen molar-refractivity contribution in [1.82, 2.24) is 9.13 Å². The molecule has 0 aliphatic heterocycles. The molecule has 0 unspecified atom stereocenters. The van der Waals surface area contributed by atoms with Gasteiger partial charge in [-0.1, -0.05) is 109 Å². The molecule has 2 heterocycles. The molecule has 0 fully saturated rings. The maximum absolute atomic E-state index is 2.37. The first-order valence-electron chi connectivity index (χ1n) is 16.5. The summed E-state index contributed by atoms with van der Waals surface area (Å²) in [4.78, 5) is 0. The molecule has 0 aliphatic rings. The first-order valence-corrected chi connectivity index (χ1v) is 16.5. The summed E-state index contributed by atoms with van der Waals surface area (Å²) >= 11 is 0. The highest BCUT2D eigenvalue weighted by atomic mass is 15.0. The van der Waals surface area contributed by atoms with Crippen molar-refractivity contribution in [3.05, 3.63) is 182 Å². The third-order valence-corrected chi connectivity index (χ3v) is 9.88. The Morgan fingerprint density at radius 1 is 0.250 bits per heavy atom. The van der Waals surface area contributed by atoms with Crippen LogP contribution in [0, 0.1) is 0 Å². The van der Waals surface area contributed by atoms with E-state index in [1.807, 2.05) is 0 Å². The maximum atomic E-state index is 2.37. The SMILES string of the molecule is c1ccc(-n2c3ccccc3c3cc(-c4ccc5ccc(-c6ccc7c(c6)c6ccccc6n7-c6ccccc6)cc5c4)ccc32)cc1. The fourth-order valence-corrected chi connectivity index (χ4v) is 7.62. The number of nitrogens with zero attached hydrogens (tertiary/aromatic N) is 2.